The Hall–Kier alpha value is -1.07. The van der Waals surface area contributed by atoms with Crippen LogP contribution in [0.2, 0.25) is 0 Å². The molecule has 0 fully saturated rings. The summed E-state index contributed by atoms with van der Waals surface area (Å²) in [4.78, 5) is 0. The lowest BCUT2D eigenvalue weighted by Crippen LogP contribution is -2.34. The topological polar surface area (TPSA) is 58.2 Å². The zero-order chi connectivity index (χ0) is 13.9. The highest BCUT2D eigenvalue weighted by atomic mass is 32.2. The molecule has 0 spiro atoms. The van der Waals surface area contributed by atoms with E-state index in [2.05, 4.69) is 10.0 Å². The summed E-state index contributed by atoms with van der Waals surface area (Å²) in [6.45, 7) is 4.93. The van der Waals surface area contributed by atoms with Crippen molar-refractivity contribution in [1.29, 1.82) is 0 Å². The van der Waals surface area contributed by atoms with Crippen molar-refractivity contribution >= 4 is 15.7 Å². The fourth-order valence-corrected chi connectivity index (χ4v) is 3.35. The van der Waals surface area contributed by atoms with E-state index in [1.54, 1.807) is 6.92 Å². The van der Waals surface area contributed by atoms with E-state index in [4.69, 9.17) is 0 Å². The number of sulfonamides is 1. The lowest BCUT2D eigenvalue weighted by atomic mass is 10.1. The van der Waals surface area contributed by atoms with Crippen LogP contribution in [0.1, 0.15) is 31.4 Å². The van der Waals surface area contributed by atoms with E-state index in [0.29, 0.717) is 12.2 Å². The molecule has 1 aromatic rings. The second-order valence-corrected chi connectivity index (χ2v) is 7.20. The molecule has 2 N–H and O–H groups in total. The molecule has 106 valence electrons. The van der Waals surface area contributed by atoms with E-state index in [1.165, 1.54) is 17.5 Å². The van der Waals surface area contributed by atoms with E-state index in [0.717, 1.165) is 19.4 Å². The molecule has 0 saturated heterocycles. The Kier molecular flexibility index (Phi) is 4.47. The maximum Gasteiger partial charge on any atom is 0.236 e. The summed E-state index contributed by atoms with van der Waals surface area (Å²) in [5.41, 5.74) is 3.31. The van der Waals surface area contributed by atoms with Crippen LogP contribution in [-0.2, 0) is 22.9 Å². The highest BCUT2D eigenvalue weighted by Gasteiger charge is 2.21. The quantitative estimate of drug-likeness (QED) is 0.838. The molecule has 1 aromatic carbocycles. The molecule has 0 radical (unpaired) electrons. The Morgan fingerprint density at radius 1 is 1.26 bits per heavy atom. The third-order valence-corrected chi connectivity index (χ3v) is 5.32. The van der Waals surface area contributed by atoms with Gasteiger partial charge in [-0.3, -0.25) is 4.72 Å². The average Bonchev–Trinajstić information content (AvgIpc) is 2.82. The molecule has 0 amide bonds. The minimum absolute atomic E-state index is 0.444. The molecule has 1 atom stereocenters. The number of hydrogen-bond acceptors (Lipinski definition) is 3. The van der Waals surface area contributed by atoms with Crippen LogP contribution in [0.15, 0.2) is 18.2 Å². The number of fused-ring (bicyclic) bond motifs is 1. The van der Waals surface area contributed by atoms with Crippen molar-refractivity contribution < 1.29 is 8.42 Å². The van der Waals surface area contributed by atoms with Gasteiger partial charge in [0.25, 0.3) is 0 Å². The molecule has 0 heterocycles. The summed E-state index contributed by atoms with van der Waals surface area (Å²) in [5.74, 6) is 0. The molecule has 1 aliphatic rings. The Morgan fingerprint density at radius 2 is 2.00 bits per heavy atom. The Balaban J connectivity index is 2.07. The summed E-state index contributed by atoms with van der Waals surface area (Å²) in [6.07, 6.45) is 3.33. The fraction of sp³-hybridized carbons (Fsp3) is 0.571. The molecular weight excluding hydrogens is 260 g/mol. The van der Waals surface area contributed by atoms with Crippen molar-refractivity contribution in [2.45, 2.75) is 38.4 Å². The molecular formula is C14H22N2O2S. The predicted octanol–water partition coefficient (Wildman–Crippen LogP) is 1.91. The fourth-order valence-electron chi connectivity index (χ4n) is 2.36. The van der Waals surface area contributed by atoms with Gasteiger partial charge in [-0.25, -0.2) is 8.42 Å². The van der Waals surface area contributed by atoms with Crippen molar-refractivity contribution in [3.05, 3.63) is 29.3 Å². The number of nitrogens with one attached hydrogen (secondary N) is 2. The Morgan fingerprint density at radius 3 is 2.74 bits per heavy atom. The van der Waals surface area contributed by atoms with Crippen molar-refractivity contribution in [1.82, 2.24) is 5.32 Å². The van der Waals surface area contributed by atoms with Crippen LogP contribution in [0.3, 0.4) is 0 Å². The summed E-state index contributed by atoms with van der Waals surface area (Å²) in [7, 11) is -3.32. The zero-order valence-electron chi connectivity index (χ0n) is 11.6. The third kappa shape index (κ3) is 3.48. The van der Waals surface area contributed by atoms with Crippen LogP contribution < -0.4 is 10.0 Å². The van der Waals surface area contributed by atoms with Gasteiger partial charge in [0.1, 0.15) is 0 Å². The standard InChI is InChI=1S/C14H22N2O2S/c1-3-15-10-11(2)19(17,18)16-14-8-7-12-5-4-6-13(12)9-14/h7-9,11,15-16H,3-6,10H2,1-2H3. The van der Waals surface area contributed by atoms with E-state index in [9.17, 15) is 8.42 Å². The summed E-state index contributed by atoms with van der Waals surface area (Å²) >= 11 is 0. The molecule has 1 aliphatic carbocycles. The summed E-state index contributed by atoms with van der Waals surface area (Å²) in [6, 6.07) is 5.87. The van der Waals surface area contributed by atoms with Crippen LogP contribution >= 0.6 is 0 Å². The average molecular weight is 282 g/mol. The highest BCUT2D eigenvalue weighted by molar-refractivity contribution is 7.93. The first kappa shape index (κ1) is 14.3. The number of hydrogen-bond donors (Lipinski definition) is 2. The van der Waals surface area contributed by atoms with Gasteiger partial charge >= 0.3 is 0 Å². The number of anilines is 1. The smallest absolute Gasteiger partial charge is 0.236 e. The summed E-state index contributed by atoms with van der Waals surface area (Å²) in [5, 5.41) is 2.62. The summed E-state index contributed by atoms with van der Waals surface area (Å²) < 4.78 is 27.0. The van der Waals surface area contributed by atoms with Gasteiger partial charge in [0, 0.05) is 12.2 Å². The number of aryl methyl sites for hydroxylation is 2. The molecule has 19 heavy (non-hydrogen) atoms. The molecule has 0 saturated carbocycles. The van der Waals surface area contributed by atoms with Crippen LogP contribution in [0.25, 0.3) is 0 Å². The number of rotatable bonds is 6. The van der Waals surface area contributed by atoms with Crippen LogP contribution in [-0.4, -0.2) is 26.8 Å². The maximum absolute atomic E-state index is 12.2. The monoisotopic (exact) mass is 282 g/mol. The van der Waals surface area contributed by atoms with Gasteiger partial charge in [-0.1, -0.05) is 13.0 Å². The lowest BCUT2D eigenvalue weighted by Gasteiger charge is -2.15. The second-order valence-electron chi connectivity index (χ2n) is 5.10. The van der Waals surface area contributed by atoms with Gasteiger partial charge in [-0.2, -0.15) is 0 Å². The van der Waals surface area contributed by atoms with Crippen LogP contribution in [0, 0.1) is 0 Å². The van der Waals surface area contributed by atoms with Gasteiger partial charge in [-0.15, -0.1) is 0 Å². The van der Waals surface area contributed by atoms with Crippen LogP contribution in [0.5, 0.6) is 0 Å². The third-order valence-electron chi connectivity index (χ3n) is 3.57. The van der Waals surface area contributed by atoms with E-state index in [1.807, 2.05) is 25.1 Å². The minimum Gasteiger partial charge on any atom is -0.316 e. The molecule has 0 aromatic heterocycles. The maximum atomic E-state index is 12.2. The highest BCUT2D eigenvalue weighted by Crippen LogP contribution is 2.25. The molecule has 5 heteroatoms. The van der Waals surface area contributed by atoms with Gasteiger partial charge in [0.2, 0.25) is 10.0 Å². The largest absolute Gasteiger partial charge is 0.316 e. The van der Waals surface area contributed by atoms with Gasteiger partial charge in [0.15, 0.2) is 0 Å². The molecule has 2 rings (SSSR count). The molecule has 0 aliphatic heterocycles. The Labute approximate surface area is 115 Å². The zero-order valence-corrected chi connectivity index (χ0v) is 12.4. The minimum atomic E-state index is -3.32. The Bertz CT molecular complexity index is 540. The molecule has 4 nitrogen and oxygen atoms in total. The van der Waals surface area contributed by atoms with Crippen molar-refractivity contribution in [2.75, 3.05) is 17.8 Å². The van der Waals surface area contributed by atoms with Crippen LogP contribution in [0.4, 0.5) is 5.69 Å². The van der Waals surface area contributed by atoms with Crippen molar-refractivity contribution in [3.63, 3.8) is 0 Å². The first-order valence-corrected chi connectivity index (χ1v) is 8.41. The van der Waals surface area contributed by atoms with Crippen molar-refractivity contribution in [3.8, 4) is 0 Å². The SMILES string of the molecule is CCNCC(C)S(=O)(=O)Nc1ccc2c(c1)CCC2. The van der Waals surface area contributed by atoms with Gasteiger partial charge in [-0.05, 0) is 56.0 Å². The van der Waals surface area contributed by atoms with Crippen molar-refractivity contribution in [2.24, 2.45) is 0 Å². The lowest BCUT2D eigenvalue weighted by molar-refractivity contribution is 0.579. The van der Waals surface area contributed by atoms with Gasteiger partial charge in [0.05, 0.1) is 5.25 Å². The van der Waals surface area contributed by atoms with Gasteiger partial charge < -0.3 is 5.32 Å². The van der Waals surface area contributed by atoms with E-state index in [-0.39, 0.29) is 0 Å². The predicted molar refractivity (Wildman–Crippen MR) is 79.0 cm³/mol. The van der Waals surface area contributed by atoms with E-state index < -0.39 is 15.3 Å². The first-order chi connectivity index (χ1) is 9.03. The normalized spacial score (nSPS) is 16.1. The molecule has 1 unspecified atom stereocenters. The van der Waals surface area contributed by atoms with E-state index >= 15 is 0 Å². The second kappa shape index (κ2) is 5.92. The first-order valence-electron chi connectivity index (χ1n) is 6.87. The number of benzene rings is 1. The molecule has 0 bridgehead atoms.